The number of amides is 2. The van der Waals surface area contributed by atoms with Gasteiger partial charge < -0.3 is 15.8 Å². The lowest BCUT2D eigenvalue weighted by molar-refractivity contribution is -0.118. The predicted molar refractivity (Wildman–Crippen MR) is 98.8 cm³/mol. The highest BCUT2D eigenvalue weighted by atomic mass is 32.1. The Morgan fingerprint density at radius 1 is 1.08 bits per heavy atom. The van der Waals surface area contributed by atoms with Crippen LogP contribution in [0.15, 0.2) is 60.7 Å². The zero-order valence-corrected chi connectivity index (χ0v) is 14.4. The van der Waals surface area contributed by atoms with Crippen LogP contribution in [0.1, 0.15) is 10.4 Å². The van der Waals surface area contributed by atoms with Crippen LogP contribution in [0.25, 0.3) is 10.4 Å². The summed E-state index contributed by atoms with van der Waals surface area (Å²) in [6.45, 7) is -0.275. The van der Waals surface area contributed by atoms with Crippen molar-refractivity contribution >= 4 is 28.2 Å². The first-order chi connectivity index (χ1) is 12.5. The van der Waals surface area contributed by atoms with Crippen molar-refractivity contribution in [3.8, 4) is 16.2 Å². The largest absolute Gasteiger partial charge is 0.484 e. The van der Waals surface area contributed by atoms with Crippen LogP contribution in [0.4, 0.5) is 9.39 Å². The van der Waals surface area contributed by atoms with Crippen molar-refractivity contribution in [2.24, 2.45) is 5.73 Å². The summed E-state index contributed by atoms with van der Waals surface area (Å²) in [5, 5.41) is 3.01. The number of hydrogen-bond donors (Lipinski definition) is 2. The summed E-state index contributed by atoms with van der Waals surface area (Å²) in [6.07, 6.45) is 0. The third-order valence-corrected chi connectivity index (χ3v) is 4.59. The van der Waals surface area contributed by atoms with Gasteiger partial charge in [0.2, 0.25) is 0 Å². The highest BCUT2D eigenvalue weighted by Crippen LogP contribution is 2.35. The van der Waals surface area contributed by atoms with Crippen LogP contribution < -0.4 is 15.8 Å². The SMILES string of the molecule is NC(=O)c1cc(-c2ccccc2)sc1NC(=O)COc1ccc(F)cc1. The number of carbonyl (C=O) groups is 2. The molecule has 0 saturated carbocycles. The van der Waals surface area contributed by atoms with Gasteiger partial charge in [-0.3, -0.25) is 9.59 Å². The van der Waals surface area contributed by atoms with Crippen LogP contribution in [0, 0.1) is 5.82 Å². The standard InChI is InChI=1S/C19H15FN2O3S/c20-13-6-8-14(9-7-13)25-11-17(23)22-19-15(18(21)24)10-16(26-19)12-4-2-1-3-5-12/h1-10H,11H2,(H2,21,24)(H,22,23). The monoisotopic (exact) mass is 370 g/mol. The van der Waals surface area contributed by atoms with Gasteiger partial charge in [-0.1, -0.05) is 30.3 Å². The van der Waals surface area contributed by atoms with Gasteiger partial charge in [0.15, 0.2) is 6.61 Å². The minimum atomic E-state index is -0.627. The second-order valence-corrected chi connectivity index (χ2v) is 6.43. The molecule has 0 aliphatic heterocycles. The molecule has 2 aromatic carbocycles. The lowest BCUT2D eigenvalue weighted by Crippen LogP contribution is -2.21. The van der Waals surface area contributed by atoms with Crippen LogP contribution in [-0.2, 0) is 4.79 Å². The molecule has 0 aliphatic rings. The fraction of sp³-hybridized carbons (Fsp3) is 0.0526. The number of anilines is 1. The molecule has 3 aromatic rings. The van der Waals surface area contributed by atoms with Crippen molar-refractivity contribution in [1.82, 2.24) is 0 Å². The van der Waals surface area contributed by atoms with E-state index < -0.39 is 11.8 Å². The van der Waals surface area contributed by atoms with Crippen LogP contribution in [0.5, 0.6) is 5.75 Å². The lowest BCUT2D eigenvalue weighted by atomic mass is 10.1. The van der Waals surface area contributed by atoms with Crippen molar-refractivity contribution in [2.45, 2.75) is 0 Å². The van der Waals surface area contributed by atoms with Crippen LogP contribution in [0.3, 0.4) is 0 Å². The van der Waals surface area contributed by atoms with Gasteiger partial charge in [-0.25, -0.2) is 4.39 Å². The van der Waals surface area contributed by atoms with Crippen molar-refractivity contribution in [3.05, 3.63) is 72.0 Å². The highest BCUT2D eigenvalue weighted by Gasteiger charge is 2.17. The van der Waals surface area contributed by atoms with Gasteiger partial charge in [-0.15, -0.1) is 11.3 Å². The number of benzene rings is 2. The first-order valence-electron chi connectivity index (χ1n) is 7.70. The van der Waals surface area contributed by atoms with E-state index in [-0.39, 0.29) is 18.0 Å². The smallest absolute Gasteiger partial charge is 0.262 e. The Kier molecular flexibility index (Phi) is 5.28. The van der Waals surface area contributed by atoms with E-state index in [1.807, 2.05) is 30.3 Å². The van der Waals surface area contributed by atoms with Crippen molar-refractivity contribution in [1.29, 1.82) is 0 Å². The molecule has 5 nitrogen and oxygen atoms in total. The maximum atomic E-state index is 12.9. The first-order valence-corrected chi connectivity index (χ1v) is 8.52. The van der Waals surface area contributed by atoms with E-state index in [1.165, 1.54) is 35.6 Å². The zero-order valence-electron chi connectivity index (χ0n) is 13.6. The molecule has 0 saturated heterocycles. The van der Waals surface area contributed by atoms with Crippen LogP contribution in [-0.4, -0.2) is 18.4 Å². The van der Waals surface area contributed by atoms with E-state index >= 15 is 0 Å². The van der Waals surface area contributed by atoms with E-state index in [0.29, 0.717) is 10.8 Å². The Morgan fingerprint density at radius 3 is 2.42 bits per heavy atom. The molecule has 1 aromatic heterocycles. The minimum Gasteiger partial charge on any atom is -0.484 e. The van der Waals surface area contributed by atoms with Gasteiger partial charge in [0.05, 0.1) is 5.56 Å². The minimum absolute atomic E-state index is 0.240. The first kappa shape index (κ1) is 17.6. The van der Waals surface area contributed by atoms with Gasteiger partial charge >= 0.3 is 0 Å². The van der Waals surface area contributed by atoms with E-state index in [4.69, 9.17) is 10.5 Å². The number of primary amides is 1. The second kappa shape index (κ2) is 7.79. The molecule has 0 spiro atoms. The summed E-state index contributed by atoms with van der Waals surface area (Å²) in [6, 6.07) is 16.4. The van der Waals surface area contributed by atoms with Crippen LogP contribution >= 0.6 is 11.3 Å². The van der Waals surface area contributed by atoms with E-state index in [1.54, 1.807) is 6.07 Å². The molecule has 7 heteroatoms. The molecular weight excluding hydrogens is 355 g/mol. The maximum Gasteiger partial charge on any atom is 0.262 e. The van der Waals surface area contributed by atoms with Crippen molar-refractivity contribution in [3.63, 3.8) is 0 Å². The Labute approximate surface area is 153 Å². The molecule has 1 heterocycles. The fourth-order valence-electron chi connectivity index (χ4n) is 2.25. The van der Waals surface area contributed by atoms with Gasteiger partial charge in [0, 0.05) is 4.88 Å². The maximum absolute atomic E-state index is 12.9. The van der Waals surface area contributed by atoms with Crippen molar-refractivity contribution in [2.75, 3.05) is 11.9 Å². The molecule has 2 amide bonds. The summed E-state index contributed by atoms with van der Waals surface area (Å²) >= 11 is 1.25. The van der Waals surface area contributed by atoms with Crippen molar-refractivity contribution < 1.29 is 18.7 Å². The molecule has 0 fully saturated rings. The van der Waals surface area contributed by atoms with Gasteiger partial charge in [-0.05, 0) is 35.9 Å². The molecule has 3 N–H and O–H groups in total. The number of thiophene rings is 1. The molecule has 0 bridgehead atoms. The summed E-state index contributed by atoms with van der Waals surface area (Å²) in [7, 11) is 0. The number of hydrogen-bond acceptors (Lipinski definition) is 4. The molecule has 132 valence electrons. The number of carbonyl (C=O) groups excluding carboxylic acids is 2. The summed E-state index contributed by atoms with van der Waals surface area (Å²) in [5.41, 5.74) is 6.57. The van der Waals surface area contributed by atoms with Crippen LogP contribution in [0.2, 0.25) is 0 Å². The predicted octanol–water partition coefficient (Wildman–Crippen LogP) is 3.67. The topological polar surface area (TPSA) is 81.4 Å². The molecule has 26 heavy (non-hydrogen) atoms. The van der Waals surface area contributed by atoms with Gasteiger partial charge in [0.1, 0.15) is 16.6 Å². The highest BCUT2D eigenvalue weighted by molar-refractivity contribution is 7.20. The zero-order chi connectivity index (χ0) is 18.5. The molecule has 0 radical (unpaired) electrons. The van der Waals surface area contributed by atoms with E-state index in [0.717, 1.165) is 10.4 Å². The Hall–Kier alpha value is -3.19. The summed E-state index contributed by atoms with van der Waals surface area (Å²) in [4.78, 5) is 24.6. The molecule has 0 unspecified atom stereocenters. The third-order valence-electron chi connectivity index (χ3n) is 3.49. The van der Waals surface area contributed by atoms with Gasteiger partial charge in [0.25, 0.3) is 11.8 Å². The summed E-state index contributed by atoms with van der Waals surface area (Å²) < 4.78 is 18.2. The number of halogens is 1. The Bertz CT molecular complexity index is 924. The lowest BCUT2D eigenvalue weighted by Gasteiger charge is -2.07. The Balaban J connectivity index is 1.71. The van der Waals surface area contributed by atoms with Gasteiger partial charge in [-0.2, -0.15) is 0 Å². The number of nitrogens with one attached hydrogen (secondary N) is 1. The number of ether oxygens (including phenoxy) is 1. The number of rotatable bonds is 6. The third kappa shape index (κ3) is 4.25. The summed E-state index contributed by atoms with van der Waals surface area (Å²) in [5.74, 6) is -1.09. The average molecular weight is 370 g/mol. The molecular formula is C19H15FN2O3S. The van der Waals surface area contributed by atoms with E-state index in [2.05, 4.69) is 5.32 Å². The quantitative estimate of drug-likeness (QED) is 0.695. The fourth-order valence-corrected chi connectivity index (χ4v) is 3.34. The van der Waals surface area contributed by atoms with E-state index in [9.17, 15) is 14.0 Å². The number of nitrogens with two attached hydrogens (primary N) is 1. The normalized spacial score (nSPS) is 10.3. The average Bonchev–Trinajstić information content (AvgIpc) is 3.06. The Morgan fingerprint density at radius 2 is 1.77 bits per heavy atom. The molecule has 3 rings (SSSR count). The molecule has 0 atom stereocenters. The second-order valence-electron chi connectivity index (χ2n) is 5.37. The molecule has 0 aliphatic carbocycles.